The zero-order valence-electron chi connectivity index (χ0n) is 21.8. The highest BCUT2D eigenvalue weighted by Gasteiger charge is 2.22. The molecule has 0 fully saturated rings. The van der Waals surface area contributed by atoms with Crippen molar-refractivity contribution in [2.24, 2.45) is 0 Å². The number of rotatable bonds is 2. The highest BCUT2D eigenvalue weighted by Crippen LogP contribution is 2.46. The van der Waals surface area contributed by atoms with Gasteiger partial charge >= 0.3 is 0 Å². The molecule has 6 aromatic carbocycles. The first kappa shape index (κ1) is 22.4. The number of thiophene rings is 1. The van der Waals surface area contributed by atoms with Crippen molar-refractivity contribution in [2.75, 3.05) is 0 Å². The summed E-state index contributed by atoms with van der Waals surface area (Å²) in [4.78, 5) is 0. The van der Waals surface area contributed by atoms with E-state index in [0.29, 0.717) is 11.1 Å². The predicted octanol–water partition coefficient (Wildman–Crippen LogP) is 10.6. The van der Waals surface area contributed by atoms with Gasteiger partial charge in [0.25, 0.3) is 0 Å². The van der Waals surface area contributed by atoms with Gasteiger partial charge in [-0.15, -0.1) is 11.3 Å². The normalized spacial score (nSPS) is 11.9. The number of fused-ring (bicyclic) bond motifs is 9. The van der Waals surface area contributed by atoms with Gasteiger partial charge in [-0.3, -0.25) is 0 Å². The lowest BCUT2D eigenvalue weighted by Gasteiger charge is -2.09. The molecule has 41 heavy (non-hydrogen) atoms. The fourth-order valence-electron chi connectivity index (χ4n) is 6.56. The van der Waals surface area contributed by atoms with Crippen LogP contribution in [0.25, 0.3) is 80.7 Å². The Balaban J connectivity index is 1.43. The van der Waals surface area contributed by atoms with Crippen LogP contribution in [0.5, 0.6) is 0 Å². The molecule has 0 amide bonds. The molecule has 0 saturated heterocycles. The second-order valence-corrected chi connectivity index (χ2v) is 11.5. The van der Waals surface area contributed by atoms with Crippen molar-refractivity contribution < 1.29 is 4.42 Å². The van der Waals surface area contributed by atoms with E-state index in [0.717, 1.165) is 44.2 Å². The minimum Gasteiger partial charge on any atom is -0.452 e. The molecule has 0 spiro atoms. The van der Waals surface area contributed by atoms with Crippen LogP contribution in [0.15, 0.2) is 126 Å². The topological polar surface area (TPSA) is 41.9 Å². The first-order valence-electron chi connectivity index (χ1n) is 13.6. The number of para-hydroxylation sites is 3. The summed E-state index contributed by atoms with van der Waals surface area (Å²) in [5, 5.41) is 17.0. The van der Waals surface area contributed by atoms with E-state index in [1.165, 1.54) is 30.9 Å². The van der Waals surface area contributed by atoms with Gasteiger partial charge < -0.3 is 8.98 Å². The van der Waals surface area contributed by atoms with Gasteiger partial charge in [0.2, 0.25) is 0 Å². The number of hydrogen-bond acceptors (Lipinski definition) is 3. The molecular formula is C37H20N2OS. The summed E-state index contributed by atoms with van der Waals surface area (Å²) in [6, 6.07) is 44.8. The fraction of sp³-hybridized carbons (Fsp3) is 0. The van der Waals surface area contributed by atoms with Crippen LogP contribution >= 0.6 is 11.3 Å². The third kappa shape index (κ3) is 3.01. The zero-order chi connectivity index (χ0) is 27.1. The molecule has 4 heteroatoms. The summed E-state index contributed by atoms with van der Waals surface area (Å²) >= 11 is 1.81. The lowest BCUT2D eigenvalue weighted by Crippen LogP contribution is -1.94. The molecule has 0 aliphatic carbocycles. The average molecular weight is 541 g/mol. The molecule has 190 valence electrons. The van der Waals surface area contributed by atoms with E-state index >= 15 is 0 Å². The molecular weight excluding hydrogens is 520 g/mol. The first-order valence-corrected chi connectivity index (χ1v) is 14.4. The molecule has 0 radical (unpaired) electrons. The Kier molecular flexibility index (Phi) is 4.55. The van der Waals surface area contributed by atoms with Gasteiger partial charge in [0.15, 0.2) is 11.2 Å². The Bertz CT molecular complexity index is 2500. The van der Waals surface area contributed by atoms with Crippen LogP contribution in [0.1, 0.15) is 5.56 Å². The van der Waals surface area contributed by atoms with Crippen LogP contribution in [0.4, 0.5) is 0 Å². The molecule has 0 aliphatic heterocycles. The van der Waals surface area contributed by atoms with Gasteiger partial charge in [0, 0.05) is 41.7 Å². The molecule has 0 aliphatic rings. The smallest absolute Gasteiger partial charge is 0.159 e. The van der Waals surface area contributed by atoms with Crippen LogP contribution in [0.2, 0.25) is 0 Å². The average Bonchev–Trinajstić information content (AvgIpc) is 3.70. The minimum atomic E-state index is 0.537. The summed E-state index contributed by atoms with van der Waals surface area (Å²) in [6.07, 6.45) is 0. The number of nitriles is 1. The third-order valence-electron chi connectivity index (χ3n) is 8.26. The molecule has 0 unspecified atom stereocenters. The lowest BCUT2D eigenvalue weighted by molar-refractivity contribution is 0.665. The first-order chi connectivity index (χ1) is 20.3. The highest BCUT2D eigenvalue weighted by molar-refractivity contribution is 7.25. The monoisotopic (exact) mass is 540 g/mol. The fourth-order valence-corrected chi connectivity index (χ4v) is 7.69. The van der Waals surface area contributed by atoms with E-state index in [-0.39, 0.29) is 0 Å². The van der Waals surface area contributed by atoms with E-state index in [1.54, 1.807) is 0 Å². The van der Waals surface area contributed by atoms with Crippen molar-refractivity contribution in [1.82, 2.24) is 4.57 Å². The van der Waals surface area contributed by atoms with Crippen LogP contribution in [0, 0.1) is 11.3 Å². The Morgan fingerprint density at radius 2 is 1.17 bits per heavy atom. The second-order valence-electron chi connectivity index (χ2n) is 10.4. The molecule has 3 nitrogen and oxygen atoms in total. The molecule has 3 heterocycles. The molecule has 9 rings (SSSR count). The van der Waals surface area contributed by atoms with E-state index in [9.17, 15) is 5.26 Å². The molecule has 3 aromatic heterocycles. The van der Waals surface area contributed by atoms with Gasteiger partial charge in [-0.05, 0) is 47.5 Å². The van der Waals surface area contributed by atoms with Gasteiger partial charge in [0.1, 0.15) is 6.07 Å². The minimum absolute atomic E-state index is 0.537. The van der Waals surface area contributed by atoms with E-state index < -0.39 is 0 Å². The van der Waals surface area contributed by atoms with Gasteiger partial charge in [-0.1, -0.05) is 84.9 Å². The highest BCUT2D eigenvalue weighted by atomic mass is 32.1. The van der Waals surface area contributed by atoms with Crippen molar-refractivity contribution in [2.45, 2.75) is 0 Å². The maximum absolute atomic E-state index is 10.1. The van der Waals surface area contributed by atoms with Crippen molar-refractivity contribution in [3.8, 4) is 22.9 Å². The van der Waals surface area contributed by atoms with Crippen LogP contribution < -0.4 is 0 Å². The summed E-state index contributed by atoms with van der Waals surface area (Å²) in [7, 11) is 0. The number of aromatic nitrogens is 1. The van der Waals surface area contributed by atoms with Crippen LogP contribution in [-0.4, -0.2) is 4.57 Å². The van der Waals surface area contributed by atoms with Crippen LogP contribution in [-0.2, 0) is 0 Å². The standard InChI is InChI=1S/C37H20N2OS/c38-21-22-19-20-26(25-12-8-18-33-34(25)27-11-3-6-17-32(27)41-33)35-28-13-7-16-31(37(28)40-36(22)35)39-29-14-4-1-9-23(29)24-10-2-5-15-30(24)39/h1-20H. The molecule has 0 bridgehead atoms. The summed E-state index contributed by atoms with van der Waals surface area (Å²) in [6.45, 7) is 0. The number of hydrogen-bond donors (Lipinski definition) is 0. The number of benzene rings is 6. The van der Waals surface area contributed by atoms with Gasteiger partial charge in [-0.25, -0.2) is 0 Å². The summed E-state index contributed by atoms with van der Waals surface area (Å²) < 4.78 is 11.5. The molecule has 0 N–H and O–H groups in total. The van der Waals surface area contributed by atoms with E-state index in [1.807, 2.05) is 17.4 Å². The Hall–Kier alpha value is -5.37. The Morgan fingerprint density at radius 3 is 1.95 bits per heavy atom. The van der Waals surface area contributed by atoms with E-state index in [2.05, 4.69) is 126 Å². The van der Waals surface area contributed by atoms with Gasteiger partial charge in [-0.2, -0.15) is 5.26 Å². The number of furan rings is 1. The summed E-state index contributed by atoms with van der Waals surface area (Å²) in [5.74, 6) is 0. The zero-order valence-corrected chi connectivity index (χ0v) is 22.6. The van der Waals surface area contributed by atoms with Crippen molar-refractivity contribution in [3.63, 3.8) is 0 Å². The second kappa shape index (κ2) is 8.32. The lowest BCUT2D eigenvalue weighted by atomic mass is 9.94. The van der Waals surface area contributed by atoms with Gasteiger partial charge in [0.05, 0.1) is 22.3 Å². The quantitative estimate of drug-likeness (QED) is 0.219. The maximum Gasteiger partial charge on any atom is 0.159 e. The number of nitrogens with zero attached hydrogens (tertiary/aromatic N) is 2. The Labute approximate surface area is 238 Å². The maximum atomic E-state index is 10.1. The molecule has 0 atom stereocenters. The molecule has 0 saturated carbocycles. The third-order valence-corrected chi connectivity index (χ3v) is 9.40. The largest absolute Gasteiger partial charge is 0.452 e. The predicted molar refractivity (Wildman–Crippen MR) is 171 cm³/mol. The molecule has 9 aromatic rings. The van der Waals surface area contributed by atoms with E-state index in [4.69, 9.17) is 4.42 Å². The van der Waals surface area contributed by atoms with Crippen molar-refractivity contribution >= 4 is 75.3 Å². The van der Waals surface area contributed by atoms with Crippen molar-refractivity contribution in [3.05, 3.63) is 127 Å². The SMILES string of the molecule is N#Cc1ccc(-c2cccc3sc4ccccc4c23)c2c1oc1c(-n3c4ccccc4c4ccccc43)cccc12. The van der Waals surface area contributed by atoms with Crippen LogP contribution in [0.3, 0.4) is 0 Å². The van der Waals surface area contributed by atoms with Crippen molar-refractivity contribution in [1.29, 1.82) is 5.26 Å². The Morgan fingerprint density at radius 1 is 0.537 bits per heavy atom. The summed E-state index contributed by atoms with van der Waals surface area (Å²) in [5.41, 5.74) is 7.38.